The fourth-order valence-electron chi connectivity index (χ4n) is 3.29. The van der Waals surface area contributed by atoms with Crippen molar-refractivity contribution in [3.05, 3.63) is 24.3 Å². The van der Waals surface area contributed by atoms with Gasteiger partial charge in [0.25, 0.3) is 5.91 Å². The first kappa shape index (κ1) is 22.6. The summed E-state index contributed by atoms with van der Waals surface area (Å²) in [6.07, 6.45) is 1.93. The number of ether oxygens (including phenoxy) is 2. The summed E-state index contributed by atoms with van der Waals surface area (Å²) in [5.74, 6) is -1.14. The Morgan fingerprint density at radius 1 is 1.30 bits per heavy atom. The lowest BCUT2D eigenvalue weighted by molar-refractivity contribution is -0.143. The van der Waals surface area contributed by atoms with Gasteiger partial charge in [-0.1, -0.05) is 31.2 Å². The summed E-state index contributed by atoms with van der Waals surface area (Å²) in [5, 5.41) is 8.76. The number of anilines is 1. The zero-order chi connectivity index (χ0) is 21.7. The van der Waals surface area contributed by atoms with Gasteiger partial charge in [-0.05, 0) is 18.6 Å². The van der Waals surface area contributed by atoms with E-state index in [1.165, 1.54) is 11.8 Å². The molecule has 2 heterocycles. The number of hydrogen-bond acceptors (Lipinski definition) is 7. The summed E-state index contributed by atoms with van der Waals surface area (Å²) in [6.45, 7) is 1.60. The summed E-state index contributed by atoms with van der Waals surface area (Å²) in [6, 6.07) is 6.93. The van der Waals surface area contributed by atoms with Crippen LogP contribution in [0.5, 0.6) is 5.75 Å². The number of rotatable bonds is 9. The van der Waals surface area contributed by atoms with Crippen molar-refractivity contribution in [1.29, 1.82) is 0 Å². The zero-order valence-electron chi connectivity index (χ0n) is 16.5. The molecule has 1 aromatic carbocycles. The number of carboxylic acids is 1. The van der Waals surface area contributed by atoms with E-state index < -0.39 is 34.9 Å². The SMILES string of the molecule is CCCCOc1cccc(N2C(=NC(=O)COCC(=O)O)S[C@H]3CS(=O)(=O)C[C@H]32)c1. The molecule has 11 heteroatoms. The van der Waals surface area contributed by atoms with Gasteiger partial charge >= 0.3 is 5.97 Å². The molecule has 2 aliphatic rings. The number of sulfone groups is 1. The van der Waals surface area contributed by atoms with Crippen molar-refractivity contribution in [2.24, 2.45) is 4.99 Å². The molecule has 1 amide bonds. The van der Waals surface area contributed by atoms with E-state index in [4.69, 9.17) is 14.6 Å². The van der Waals surface area contributed by atoms with Gasteiger partial charge in [0.15, 0.2) is 15.0 Å². The van der Waals surface area contributed by atoms with E-state index in [0.29, 0.717) is 23.2 Å². The minimum absolute atomic E-state index is 0.0195. The maximum Gasteiger partial charge on any atom is 0.329 e. The lowest BCUT2D eigenvalue weighted by atomic mass is 10.2. The van der Waals surface area contributed by atoms with E-state index in [2.05, 4.69) is 11.9 Å². The van der Waals surface area contributed by atoms with Crippen LogP contribution in [0.3, 0.4) is 0 Å². The quantitative estimate of drug-likeness (QED) is 0.552. The number of carbonyl (C=O) groups excluding carboxylic acids is 1. The Morgan fingerprint density at radius 2 is 2.10 bits per heavy atom. The fourth-order valence-corrected chi connectivity index (χ4v) is 7.22. The summed E-state index contributed by atoms with van der Waals surface area (Å²) in [5.41, 5.74) is 0.694. The second-order valence-electron chi connectivity index (χ2n) is 7.04. The predicted molar refractivity (Wildman–Crippen MR) is 114 cm³/mol. The molecule has 0 saturated carbocycles. The Bertz CT molecular complexity index is 933. The van der Waals surface area contributed by atoms with Gasteiger partial charge in [-0.3, -0.25) is 4.79 Å². The third kappa shape index (κ3) is 5.73. The van der Waals surface area contributed by atoms with Crippen LogP contribution in [0.2, 0.25) is 0 Å². The molecule has 0 unspecified atom stereocenters. The maximum atomic E-state index is 12.2. The molecule has 2 atom stereocenters. The molecule has 9 nitrogen and oxygen atoms in total. The van der Waals surface area contributed by atoms with Crippen molar-refractivity contribution in [3.8, 4) is 5.75 Å². The van der Waals surface area contributed by atoms with Crippen LogP contribution in [0.15, 0.2) is 29.3 Å². The van der Waals surface area contributed by atoms with Crippen molar-refractivity contribution in [2.75, 3.05) is 36.2 Å². The highest BCUT2D eigenvalue weighted by Crippen LogP contribution is 2.41. The molecular weight excluding hydrogens is 432 g/mol. The van der Waals surface area contributed by atoms with Crippen LogP contribution < -0.4 is 9.64 Å². The number of thioether (sulfide) groups is 1. The number of benzene rings is 1. The van der Waals surface area contributed by atoms with E-state index in [0.717, 1.165) is 12.8 Å². The average molecular weight is 457 g/mol. The predicted octanol–water partition coefficient (Wildman–Crippen LogP) is 1.57. The summed E-state index contributed by atoms with van der Waals surface area (Å²) >= 11 is 1.25. The number of unbranched alkanes of at least 4 members (excludes halogenated alkanes) is 1. The Labute approximate surface area is 179 Å². The molecular formula is C19H24N2O7S2. The molecule has 3 rings (SSSR count). The lowest BCUT2D eigenvalue weighted by Gasteiger charge is -2.25. The van der Waals surface area contributed by atoms with Gasteiger partial charge in [0.1, 0.15) is 19.0 Å². The van der Waals surface area contributed by atoms with E-state index in [9.17, 15) is 18.0 Å². The standard InChI is InChI=1S/C19H24N2O7S2/c1-2-3-7-28-14-6-4-5-13(8-14)21-15-11-30(25,26)12-16(15)29-19(21)20-17(22)9-27-10-18(23)24/h4-6,8,15-16H,2-3,7,9-12H2,1H3,(H,23,24)/t15-,16+/m1/s1. The topological polar surface area (TPSA) is 123 Å². The number of carbonyl (C=O) groups is 2. The summed E-state index contributed by atoms with van der Waals surface area (Å²) < 4.78 is 34.9. The molecule has 2 saturated heterocycles. The number of carboxylic acid groups (broad SMARTS) is 1. The fraction of sp³-hybridized carbons (Fsp3) is 0.526. The van der Waals surface area contributed by atoms with Crippen LogP contribution >= 0.6 is 11.8 Å². The van der Waals surface area contributed by atoms with Gasteiger partial charge in [-0.25, -0.2) is 13.2 Å². The molecule has 30 heavy (non-hydrogen) atoms. The Hall–Kier alpha value is -2.11. The molecule has 2 fully saturated rings. The number of amidine groups is 1. The van der Waals surface area contributed by atoms with Crippen molar-refractivity contribution in [3.63, 3.8) is 0 Å². The van der Waals surface area contributed by atoms with Crippen LogP contribution in [-0.2, 0) is 24.2 Å². The first-order valence-corrected chi connectivity index (χ1v) is 12.3. The third-order valence-electron chi connectivity index (χ3n) is 4.60. The molecule has 1 N–H and O–H groups in total. The van der Waals surface area contributed by atoms with Crippen molar-refractivity contribution in [1.82, 2.24) is 0 Å². The first-order valence-electron chi connectivity index (χ1n) is 9.59. The maximum absolute atomic E-state index is 12.2. The number of amides is 1. The lowest BCUT2D eigenvalue weighted by Crippen LogP contribution is -2.37. The molecule has 0 radical (unpaired) electrons. The molecule has 2 aliphatic heterocycles. The highest BCUT2D eigenvalue weighted by Gasteiger charge is 2.49. The molecule has 0 aromatic heterocycles. The highest BCUT2D eigenvalue weighted by molar-refractivity contribution is 8.16. The van der Waals surface area contributed by atoms with Gasteiger partial charge in [0.2, 0.25) is 0 Å². The minimum atomic E-state index is -3.17. The van der Waals surface area contributed by atoms with Gasteiger partial charge in [0, 0.05) is 17.0 Å². The Balaban J connectivity index is 1.83. The molecule has 0 bridgehead atoms. The third-order valence-corrected chi connectivity index (χ3v) is 7.81. The highest BCUT2D eigenvalue weighted by atomic mass is 32.2. The van der Waals surface area contributed by atoms with Crippen LogP contribution in [0, 0.1) is 0 Å². The molecule has 164 valence electrons. The number of fused-ring (bicyclic) bond motifs is 1. The molecule has 1 aromatic rings. The average Bonchev–Trinajstić information content (AvgIpc) is 3.12. The second kappa shape index (κ2) is 9.80. The van der Waals surface area contributed by atoms with E-state index in [1.807, 2.05) is 24.3 Å². The number of aliphatic carboxylic acids is 1. The van der Waals surface area contributed by atoms with Crippen LogP contribution in [-0.4, -0.2) is 73.2 Å². The number of hydrogen-bond donors (Lipinski definition) is 1. The van der Waals surface area contributed by atoms with Crippen LogP contribution in [0.4, 0.5) is 5.69 Å². The van der Waals surface area contributed by atoms with Gasteiger partial charge in [-0.2, -0.15) is 4.99 Å². The summed E-state index contributed by atoms with van der Waals surface area (Å²) in [7, 11) is -3.17. The number of aliphatic imine (C=N–C) groups is 1. The molecule has 0 spiro atoms. The van der Waals surface area contributed by atoms with Gasteiger partial charge in [0.05, 0.1) is 24.2 Å². The number of nitrogens with zero attached hydrogens (tertiary/aromatic N) is 2. The van der Waals surface area contributed by atoms with Crippen LogP contribution in [0.25, 0.3) is 0 Å². The van der Waals surface area contributed by atoms with E-state index in [1.54, 1.807) is 4.90 Å². The van der Waals surface area contributed by atoms with Crippen molar-refractivity contribution >= 4 is 44.3 Å². The van der Waals surface area contributed by atoms with Crippen molar-refractivity contribution < 1.29 is 32.6 Å². The van der Waals surface area contributed by atoms with Crippen LogP contribution in [0.1, 0.15) is 19.8 Å². The minimum Gasteiger partial charge on any atom is -0.494 e. The molecule has 0 aliphatic carbocycles. The zero-order valence-corrected chi connectivity index (χ0v) is 18.2. The normalized spacial score (nSPS) is 23.5. The van der Waals surface area contributed by atoms with Gasteiger partial charge in [-0.15, -0.1) is 0 Å². The monoisotopic (exact) mass is 456 g/mol. The first-order chi connectivity index (χ1) is 14.3. The largest absolute Gasteiger partial charge is 0.494 e. The smallest absolute Gasteiger partial charge is 0.329 e. The Morgan fingerprint density at radius 3 is 2.83 bits per heavy atom. The summed E-state index contributed by atoms with van der Waals surface area (Å²) in [4.78, 5) is 28.5. The Kier molecular flexibility index (Phi) is 7.37. The van der Waals surface area contributed by atoms with E-state index in [-0.39, 0.29) is 22.8 Å². The van der Waals surface area contributed by atoms with Gasteiger partial charge < -0.3 is 19.5 Å². The second-order valence-corrected chi connectivity index (χ2v) is 10.4. The van der Waals surface area contributed by atoms with Crippen molar-refractivity contribution in [2.45, 2.75) is 31.1 Å². The van der Waals surface area contributed by atoms with E-state index >= 15 is 0 Å².